The zero-order valence-corrected chi connectivity index (χ0v) is 8.96. The van der Waals surface area contributed by atoms with Crippen molar-refractivity contribution in [1.82, 2.24) is 10.6 Å². The van der Waals surface area contributed by atoms with E-state index >= 15 is 0 Å². The molecule has 0 aromatic rings. The van der Waals surface area contributed by atoms with Crippen LogP contribution < -0.4 is 16.4 Å². The monoisotopic (exact) mass is 299 g/mol. The molecule has 0 rings (SSSR count). The van der Waals surface area contributed by atoms with Gasteiger partial charge < -0.3 is 16.4 Å². The molecule has 13 heavy (non-hydrogen) atoms. The van der Waals surface area contributed by atoms with E-state index in [1.54, 1.807) is 22.6 Å². The molecule has 0 atom stereocenters. The van der Waals surface area contributed by atoms with Gasteiger partial charge in [0.25, 0.3) is 0 Å². The average Bonchev–Trinajstić information content (AvgIpc) is 2.10. The molecule has 0 bridgehead atoms. The summed E-state index contributed by atoms with van der Waals surface area (Å²) < 4.78 is -0.170. The van der Waals surface area contributed by atoms with E-state index in [4.69, 9.17) is 5.73 Å². The number of hydrogen-bond acceptors (Lipinski definition) is 4. The molecule has 0 unspecified atom stereocenters. The van der Waals surface area contributed by atoms with Gasteiger partial charge in [-0.15, -0.1) is 0 Å². The summed E-state index contributed by atoms with van der Waals surface area (Å²) in [6.07, 6.45) is 0. The highest BCUT2D eigenvalue weighted by Crippen LogP contribution is 1.80. The molecule has 2 amide bonds. The Morgan fingerprint density at radius 1 is 1.08 bits per heavy atom. The normalized spacial score (nSPS) is 9.08. The maximum atomic E-state index is 10.8. The Hall–Kier alpha value is -0.700. The largest absolute Gasteiger partial charge is 0.347 e. The van der Waals surface area contributed by atoms with Crippen LogP contribution in [0, 0.1) is 0 Å². The Kier molecular flexibility index (Phi) is 6.41. The first kappa shape index (κ1) is 12.3. The van der Waals surface area contributed by atoms with Crippen molar-refractivity contribution in [1.29, 1.82) is 0 Å². The maximum absolute atomic E-state index is 10.8. The first-order chi connectivity index (χ1) is 6.06. The predicted octanol–water partition coefficient (Wildman–Crippen LogP) is -1.86. The van der Waals surface area contributed by atoms with E-state index in [-0.39, 0.29) is 23.4 Å². The Balaban J connectivity index is 3.52. The molecular weight excluding hydrogens is 289 g/mol. The number of amides is 2. The van der Waals surface area contributed by atoms with Crippen LogP contribution in [0.2, 0.25) is 0 Å². The van der Waals surface area contributed by atoms with Gasteiger partial charge in [0.1, 0.15) is 0 Å². The molecule has 0 saturated carbocycles. The number of nitrogens with two attached hydrogens (primary N) is 1. The molecule has 4 N–H and O–H groups in total. The van der Waals surface area contributed by atoms with Crippen LogP contribution in [0.15, 0.2) is 0 Å². The summed E-state index contributed by atoms with van der Waals surface area (Å²) in [7, 11) is 0. The van der Waals surface area contributed by atoms with Crippen LogP contribution in [0.3, 0.4) is 0 Å². The van der Waals surface area contributed by atoms with Gasteiger partial charge in [-0.3, -0.25) is 14.4 Å². The SMILES string of the molecule is NCC(=O)NCC(=O)NCC(=O)I. The third kappa shape index (κ3) is 7.65. The van der Waals surface area contributed by atoms with Crippen molar-refractivity contribution in [2.45, 2.75) is 0 Å². The summed E-state index contributed by atoms with van der Waals surface area (Å²) in [6.45, 7) is -0.337. The van der Waals surface area contributed by atoms with Crippen molar-refractivity contribution in [3.05, 3.63) is 0 Å². The van der Waals surface area contributed by atoms with Crippen LogP contribution in [0.4, 0.5) is 0 Å². The summed E-state index contributed by atoms with van der Waals surface area (Å²) in [6, 6.07) is 0. The van der Waals surface area contributed by atoms with Gasteiger partial charge in [0.2, 0.25) is 15.6 Å². The summed E-state index contributed by atoms with van der Waals surface area (Å²) in [5.74, 6) is -0.817. The quantitative estimate of drug-likeness (QED) is 0.409. The van der Waals surface area contributed by atoms with Gasteiger partial charge in [0.05, 0.1) is 19.6 Å². The molecule has 0 spiro atoms. The van der Waals surface area contributed by atoms with Crippen molar-refractivity contribution in [2.75, 3.05) is 19.6 Å². The molecule has 74 valence electrons. The second kappa shape index (κ2) is 6.78. The molecular formula is C6H10IN3O3. The Morgan fingerprint density at radius 3 is 2.08 bits per heavy atom. The second-order valence-corrected chi connectivity index (χ2v) is 3.32. The second-order valence-electron chi connectivity index (χ2n) is 2.11. The van der Waals surface area contributed by atoms with E-state index in [1.165, 1.54) is 0 Å². The van der Waals surface area contributed by atoms with Gasteiger partial charge in [-0.2, -0.15) is 0 Å². The number of halogens is 1. The van der Waals surface area contributed by atoms with Crippen LogP contribution in [-0.4, -0.2) is 35.2 Å². The van der Waals surface area contributed by atoms with Crippen molar-refractivity contribution in [3.63, 3.8) is 0 Å². The lowest BCUT2D eigenvalue weighted by atomic mass is 10.5. The lowest BCUT2D eigenvalue weighted by molar-refractivity contribution is -0.125. The lowest BCUT2D eigenvalue weighted by Crippen LogP contribution is -2.40. The Bertz CT molecular complexity index is 219. The number of hydrogen-bond donors (Lipinski definition) is 3. The third-order valence-corrected chi connectivity index (χ3v) is 1.44. The van der Waals surface area contributed by atoms with Crippen LogP contribution in [-0.2, 0) is 14.4 Å². The molecule has 0 heterocycles. The first-order valence-corrected chi connectivity index (χ1v) is 4.56. The predicted molar refractivity (Wildman–Crippen MR) is 54.1 cm³/mol. The molecule has 0 fully saturated rings. The average molecular weight is 299 g/mol. The maximum Gasteiger partial charge on any atom is 0.239 e. The standard InChI is InChI=1S/C6H10IN3O3/c7-4(11)2-9-6(13)3-10-5(12)1-8/h1-3,8H2,(H,9,13)(H,10,12). The summed E-state index contributed by atoms with van der Waals surface area (Å²) in [5, 5.41) is 4.58. The number of nitrogens with one attached hydrogen (secondary N) is 2. The minimum Gasteiger partial charge on any atom is -0.347 e. The molecule has 6 nitrogen and oxygen atoms in total. The highest BCUT2D eigenvalue weighted by Gasteiger charge is 2.04. The molecule has 0 aliphatic carbocycles. The van der Waals surface area contributed by atoms with Crippen LogP contribution in [0.5, 0.6) is 0 Å². The van der Waals surface area contributed by atoms with E-state index in [0.29, 0.717) is 0 Å². The van der Waals surface area contributed by atoms with Gasteiger partial charge in [0.15, 0.2) is 0 Å². The van der Waals surface area contributed by atoms with E-state index in [2.05, 4.69) is 10.6 Å². The molecule has 0 aromatic heterocycles. The Morgan fingerprint density at radius 2 is 1.62 bits per heavy atom. The van der Waals surface area contributed by atoms with Crippen molar-refractivity contribution >= 4 is 38.2 Å². The third-order valence-electron chi connectivity index (χ3n) is 1.06. The van der Waals surface area contributed by atoms with Gasteiger partial charge >= 0.3 is 0 Å². The number of rotatable bonds is 5. The van der Waals surface area contributed by atoms with Crippen LogP contribution in [0.25, 0.3) is 0 Å². The first-order valence-electron chi connectivity index (χ1n) is 3.48. The van der Waals surface area contributed by atoms with E-state index in [1.807, 2.05) is 0 Å². The smallest absolute Gasteiger partial charge is 0.239 e. The number of carbonyl (C=O) groups excluding carboxylic acids is 3. The zero-order valence-electron chi connectivity index (χ0n) is 6.80. The van der Waals surface area contributed by atoms with E-state index < -0.39 is 11.8 Å². The fourth-order valence-electron chi connectivity index (χ4n) is 0.482. The van der Waals surface area contributed by atoms with Gasteiger partial charge in [0, 0.05) is 22.6 Å². The lowest BCUT2D eigenvalue weighted by Gasteiger charge is -2.03. The number of carbonyl (C=O) groups is 3. The van der Waals surface area contributed by atoms with Gasteiger partial charge in [-0.05, 0) is 0 Å². The van der Waals surface area contributed by atoms with Crippen LogP contribution in [0.1, 0.15) is 0 Å². The molecule has 7 heteroatoms. The van der Waals surface area contributed by atoms with Crippen molar-refractivity contribution < 1.29 is 14.4 Å². The molecule has 0 aromatic carbocycles. The highest BCUT2D eigenvalue weighted by molar-refractivity contribution is 14.1. The van der Waals surface area contributed by atoms with Crippen molar-refractivity contribution in [3.8, 4) is 0 Å². The molecule has 0 aliphatic rings. The van der Waals surface area contributed by atoms with E-state index in [0.717, 1.165) is 0 Å². The summed E-state index contributed by atoms with van der Waals surface area (Å²) in [5.41, 5.74) is 4.98. The minimum atomic E-state index is -0.410. The van der Waals surface area contributed by atoms with E-state index in [9.17, 15) is 14.4 Å². The summed E-state index contributed by atoms with van der Waals surface area (Å²) >= 11 is 1.56. The molecule has 0 aliphatic heterocycles. The molecule has 0 radical (unpaired) electrons. The molecule has 0 saturated heterocycles. The fourth-order valence-corrected chi connectivity index (χ4v) is 0.672. The van der Waals surface area contributed by atoms with Gasteiger partial charge in [-0.1, -0.05) is 0 Å². The fraction of sp³-hybridized carbons (Fsp3) is 0.500. The highest BCUT2D eigenvalue weighted by atomic mass is 127. The minimum absolute atomic E-state index is 0.0299. The summed E-state index contributed by atoms with van der Waals surface area (Å²) in [4.78, 5) is 31.8. The Labute approximate surface area is 88.7 Å². The zero-order chi connectivity index (χ0) is 10.3. The van der Waals surface area contributed by atoms with Crippen molar-refractivity contribution in [2.24, 2.45) is 5.73 Å². The van der Waals surface area contributed by atoms with Gasteiger partial charge in [-0.25, -0.2) is 0 Å². The van der Waals surface area contributed by atoms with Crippen LogP contribution >= 0.6 is 22.6 Å². The topological polar surface area (TPSA) is 101 Å².